The van der Waals surface area contributed by atoms with Gasteiger partial charge in [-0.05, 0) is 12.3 Å². The van der Waals surface area contributed by atoms with Crippen molar-refractivity contribution in [1.82, 2.24) is 10.2 Å². The average Bonchev–Trinajstić information content (AvgIpc) is 2.37. The lowest BCUT2D eigenvalue weighted by Gasteiger charge is -2.29. The van der Waals surface area contributed by atoms with Gasteiger partial charge in [-0.15, -0.1) is 0 Å². The first kappa shape index (κ1) is 14.6. The van der Waals surface area contributed by atoms with Gasteiger partial charge in [0.2, 0.25) is 11.8 Å². The van der Waals surface area contributed by atoms with Crippen LogP contribution in [-0.2, 0) is 14.4 Å². The SMILES string of the molecule is CC[C@H](C)[C@H](N)C(=O)NC1CCC(=O)N(C)C1=O. The third-order valence-corrected chi connectivity index (χ3v) is 3.53. The highest BCUT2D eigenvalue weighted by molar-refractivity contribution is 6.01. The molecule has 1 aliphatic rings. The van der Waals surface area contributed by atoms with Gasteiger partial charge in [0.05, 0.1) is 6.04 Å². The first-order chi connectivity index (χ1) is 8.38. The van der Waals surface area contributed by atoms with Gasteiger partial charge in [0.25, 0.3) is 5.91 Å². The maximum atomic E-state index is 11.9. The normalized spacial score (nSPS) is 23.8. The molecule has 0 bridgehead atoms. The minimum atomic E-state index is -0.629. The molecule has 1 unspecified atom stereocenters. The molecule has 0 aliphatic carbocycles. The molecule has 0 aromatic rings. The van der Waals surface area contributed by atoms with Crippen LogP contribution < -0.4 is 11.1 Å². The van der Waals surface area contributed by atoms with Crippen molar-refractivity contribution in [3.8, 4) is 0 Å². The summed E-state index contributed by atoms with van der Waals surface area (Å²) in [4.78, 5) is 36.0. The summed E-state index contributed by atoms with van der Waals surface area (Å²) in [5.41, 5.74) is 5.79. The molecule has 0 aromatic carbocycles. The maximum Gasteiger partial charge on any atom is 0.251 e. The number of amides is 3. The second-order valence-corrected chi connectivity index (χ2v) is 4.80. The van der Waals surface area contributed by atoms with E-state index in [0.717, 1.165) is 11.3 Å². The zero-order chi connectivity index (χ0) is 13.9. The molecule has 1 saturated heterocycles. The van der Waals surface area contributed by atoms with Gasteiger partial charge in [-0.1, -0.05) is 20.3 Å². The third kappa shape index (κ3) is 3.07. The van der Waals surface area contributed by atoms with E-state index in [1.807, 2.05) is 13.8 Å². The van der Waals surface area contributed by atoms with Crippen LogP contribution in [0.25, 0.3) is 0 Å². The number of hydrogen-bond acceptors (Lipinski definition) is 4. The van der Waals surface area contributed by atoms with Crippen LogP contribution in [0.2, 0.25) is 0 Å². The van der Waals surface area contributed by atoms with Crippen molar-refractivity contribution in [3.05, 3.63) is 0 Å². The van der Waals surface area contributed by atoms with Crippen LogP contribution in [-0.4, -0.2) is 41.8 Å². The number of carbonyl (C=O) groups is 3. The first-order valence-corrected chi connectivity index (χ1v) is 6.24. The van der Waals surface area contributed by atoms with Crippen molar-refractivity contribution in [3.63, 3.8) is 0 Å². The third-order valence-electron chi connectivity index (χ3n) is 3.53. The number of nitrogens with two attached hydrogens (primary N) is 1. The molecule has 3 amide bonds. The summed E-state index contributed by atoms with van der Waals surface area (Å²) in [7, 11) is 1.43. The van der Waals surface area contributed by atoms with Gasteiger partial charge in [0, 0.05) is 13.5 Å². The number of rotatable bonds is 4. The van der Waals surface area contributed by atoms with E-state index in [2.05, 4.69) is 5.32 Å². The number of hydrogen-bond donors (Lipinski definition) is 2. The number of likely N-dealkylation sites (N-methyl/N-ethyl adjacent to an activating group) is 1. The molecular weight excluding hydrogens is 234 g/mol. The van der Waals surface area contributed by atoms with Crippen LogP contribution in [0.3, 0.4) is 0 Å². The Morgan fingerprint density at radius 2 is 2.17 bits per heavy atom. The summed E-state index contributed by atoms with van der Waals surface area (Å²) in [5.74, 6) is -0.846. The number of likely N-dealkylation sites (tertiary alicyclic amines) is 1. The summed E-state index contributed by atoms with van der Waals surface area (Å²) in [6, 6.07) is -1.25. The number of nitrogens with zero attached hydrogens (tertiary/aromatic N) is 1. The van der Waals surface area contributed by atoms with E-state index in [-0.39, 0.29) is 30.1 Å². The fourth-order valence-electron chi connectivity index (χ4n) is 1.83. The zero-order valence-corrected chi connectivity index (χ0v) is 11.1. The Kier molecular flexibility index (Phi) is 4.84. The molecule has 3 atom stereocenters. The molecule has 1 aliphatic heterocycles. The fourth-order valence-corrected chi connectivity index (χ4v) is 1.83. The fraction of sp³-hybridized carbons (Fsp3) is 0.750. The van der Waals surface area contributed by atoms with Crippen LogP contribution in [0.15, 0.2) is 0 Å². The molecule has 3 N–H and O–H groups in total. The smallest absolute Gasteiger partial charge is 0.251 e. The summed E-state index contributed by atoms with van der Waals surface area (Å²) in [6.45, 7) is 3.85. The highest BCUT2D eigenvalue weighted by Gasteiger charge is 2.34. The van der Waals surface area contributed by atoms with Crippen LogP contribution in [0.4, 0.5) is 0 Å². The lowest BCUT2D eigenvalue weighted by molar-refractivity contribution is -0.149. The maximum absolute atomic E-state index is 11.9. The molecule has 6 nitrogen and oxygen atoms in total. The molecule has 1 fully saturated rings. The summed E-state index contributed by atoms with van der Waals surface area (Å²) < 4.78 is 0. The number of piperidine rings is 1. The molecule has 6 heteroatoms. The van der Waals surface area contributed by atoms with E-state index >= 15 is 0 Å². The van der Waals surface area contributed by atoms with Crippen LogP contribution >= 0.6 is 0 Å². The highest BCUT2D eigenvalue weighted by atomic mass is 16.2. The minimum absolute atomic E-state index is 0.0584. The van der Waals surface area contributed by atoms with Crippen molar-refractivity contribution >= 4 is 17.7 Å². The lowest BCUT2D eigenvalue weighted by atomic mass is 9.98. The molecule has 0 radical (unpaired) electrons. The van der Waals surface area contributed by atoms with Crippen LogP contribution in [0.1, 0.15) is 33.1 Å². The Hall–Kier alpha value is -1.43. The van der Waals surface area contributed by atoms with Crippen molar-refractivity contribution in [2.45, 2.75) is 45.2 Å². The molecule has 0 spiro atoms. The van der Waals surface area contributed by atoms with Gasteiger partial charge in [-0.2, -0.15) is 0 Å². The molecule has 1 rings (SSSR count). The minimum Gasteiger partial charge on any atom is -0.343 e. The van der Waals surface area contributed by atoms with Gasteiger partial charge >= 0.3 is 0 Å². The first-order valence-electron chi connectivity index (χ1n) is 6.24. The topological polar surface area (TPSA) is 92.5 Å². The van der Waals surface area contributed by atoms with Gasteiger partial charge in [-0.3, -0.25) is 19.3 Å². The Morgan fingerprint density at radius 1 is 1.56 bits per heavy atom. The van der Waals surface area contributed by atoms with E-state index in [9.17, 15) is 14.4 Å². The molecule has 18 heavy (non-hydrogen) atoms. The van der Waals surface area contributed by atoms with Gasteiger partial charge < -0.3 is 11.1 Å². The quantitative estimate of drug-likeness (QED) is 0.670. The Balaban J connectivity index is 2.60. The Bertz CT molecular complexity index is 356. The van der Waals surface area contributed by atoms with Crippen molar-refractivity contribution in [1.29, 1.82) is 0 Å². The summed E-state index contributed by atoms with van der Waals surface area (Å²) in [5, 5.41) is 2.63. The van der Waals surface area contributed by atoms with E-state index < -0.39 is 12.1 Å². The van der Waals surface area contributed by atoms with Gasteiger partial charge in [0.1, 0.15) is 6.04 Å². The predicted molar refractivity (Wildman–Crippen MR) is 66.4 cm³/mol. The molecule has 102 valence electrons. The largest absolute Gasteiger partial charge is 0.343 e. The number of carbonyl (C=O) groups excluding carboxylic acids is 3. The summed E-state index contributed by atoms with van der Waals surface area (Å²) >= 11 is 0. The summed E-state index contributed by atoms with van der Waals surface area (Å²) in [6.07, 6.45) is 1.41. The van der Waals surface area contributed by atoms with Gasteiger partial charge in [-0.25, -0.2) is 0 Å². The predicted octanol–water partition coefficient (Wildman–Crippen LogP) is -0.377. The Morgan fingerprint density at radius 3 is 2.72 bits per heavy atom. The van der Waals surface area contributed by atoms with Crippen molar-refractivity contribution in [2.75, 3.05) is 7.05 Å². The highest BCUT2D eigenvalue weighted by Crippen LogP contribution is 2.12. The van der Waals surface area contributed by atoms with E-state index in [1.165, 1.54) is 7.05 Å². The van der Waals surface area contributed by atoms with Gasteiger partial charge in [0.15, 0.2) is 0 Å². The van der Waals surface area contributed by atoms with Crippen LogP contribution in [0.5, 0.6) is 0 Å². The van der Waals surface area contributed by atoms with Crippen LogP contribution in [0, 0.1) is 5.92 Å². The number of imide groups is 1. The molecule has 0 saturated carbocycles. The van der Waals surface area contributed by atoms with Crippen molar-refractivity contribution in [2.24, 2.45) is 11.7 Å². The standard InChI is InChI=1S/C12H21N3O3/c1-4-7(2)10(13)11(17)14-8-5-6-9(16)15(3)12(8)18/h7-8,10H,4-6,13H2,1-3H3,(H,14,17)/t7-,8?,10-/m0/s1. The van der Waals surface area contributed by atoms with E-state index in [0.29, 0.717) is 6.42 Å². The molecular formula is C12H21N3O3. The monoisotopic (exact) mass is 255 g/mol. The lowest BCUT2D eigenvalue weighted by Crippen LogP contribution is -2.56. The Labute approximate surface area is 107 Å². The van der Waals surface area contributed by atoms with E-state index in [4.69, 9.17) is 5.73 Å². The van der Waals surface area contributed by atoms with Crippen molar-refractivity contribution < 1.29 is 14.4 Å². The second kappa shape index (κ2) is 5.95. The average molecular weight is 255 g/mol. The number of nitrogens with one attached hydrogen (secondary N) is 1. The second-order valence-electron chi connectivity index (χ2n) is 4.80. The zero-order valence-electron chi connectivity index (χ0n) is 11.1. The molecule has 0 aromatic heterocycles. The van der Waals surface area contributed by atoms with E-state index in [1.54, 1.807) is 0 Å². The molecule has 1 heterocycles.